The van der Waals surface area contributed by atoms with Gasteiger partial charge < -0.3 is 10.2 Å². The predicted molar refractivity (Wildman–Crippen MR) is 85.2 cm³/mol. The molecule has 1 atom stereocenters. The van der Waals surface area contributed by atoms with Gasteiger partial charge in [-0.25, -0.2) is 9.37 Å². The number of benzene rings is 1. The topological polar surface area (TPSA) is 28.2 Å². The van der Waals surface area contributed by atoms with E-state index in [4.69, 9.17) is 0 Å². The maximum Gasteiger partial charge on any atom is 0.126 e. The van der Waals surface area contributed by atoms with Crippen LogP contribution in [0.3, 0.4) is 0 Å². The van der Waals surface area contributed by atoms with Crippen molar-refractivity contribution < 1.29 is 4.39 Å². The fraction of sp³-hybridized carbons (Fsp3) is 0.471. The number of anilines is 1. The maximum absolute atomic E-state index is 13.4. The van der Waals surface area contributed by atoms with E-state index in [-0.39, 0.29) is 5.82 Å². The van der Waals surface area contributed by atoms with Crippen molar-refractivity contribution in [3.63, 3.8) is 0 Å². The number of piperidine rings is 1. The number of aryl methyl sites for hydroxylation is 1. The summed E-state index contributed by atoms with van der Waals surface area (Å²) in [4.78, 5) is 6.94. The number of nitrogens with one attached hydrogen (secondary N) is 1. The molecule has 0 bridgehead atoms. The van der Waals surface area contributed by atoms with Crippen LogP contribution in [-0.4, -0.2) is 36.1 Å². The fourth-order valence-corrected chi connectivity index (χ4v) is 3.09. The van der Waals surface area contributed by atoms with Crippen molar-refractivity contribution in [2.45, 2.75) is 32.2 Å². The van der Waals surface area contributed by atoms with E-state index in [1.165, 1.54) is 37.9 Å². The summed E-state index contributed by atoms with van der Waals surface area (Å²) in [6.07, 6.45) is 3.82. The van der Waals surface area contributed by atoms with Crippen LogP contribution < -0.4 is 5.32 Å². The summed E-state index contributed by atoms with van der Waals surface area (Å²) in [6, 6.07) is 7.39. The molecule has 2 heterocycles. The third kappa shape index (κ3) is 3.16. The van der Waals surface area contributed by atoms with Crippen molar-refractivity contribution in [1.82, 2.24) is 9.88 Å². The molecule has 1 aromatic carbocycles. The number of pyridine rings is 1. The summed E-state index contributed by atoms with van der Waals surface area (Å²) in [5.41, 5.74) is 1.84. The van der Waals surface area contributed by atoms with E-state index in [0.717, 1.165) is 28.8 Å². The zero-order valence-corrected chi connectivity index (χ0v) is 12.7. The molecule has 0 unspecified atom stereocenters. The first kappa shape index (κ1) is 14.3. The van der Waals surface area contributed by atoms with Crippen LogP contribution in [0.15, 0.2) is 24.3 Å². The molecular formula is C17H22FN3. The van der Waals surface area contributed by atoms with Gasteiger partial charge in [-0.15, -0.1) is 0 Å². The van der Waals surface area contributed by atoms with Crippen molar-refractivity contribution >= 4 is 16.7 Å². The molecule has 21 heavy (non-hydrogen) atoms. The molecule has 1 aliphatic heterocycles. The highest BCUT2D eigenvalue weighted by Gasteiger charge is 2.18. The van der Waals surface area contributed by atoms with Crippen LogP contribution in [0.4, 0.5) is 10.2 Å². The lowest BCUT2D eigenvalue weighted by Crippen LogP contribution is -2.40. The number of halogens is 1. The Morgan fingerprint density at radius 2 is 2.19 bits per heavy atom. The van der Waals surface area contributed by atoms with Crippen LogP contribution in [-0.2, 0) is 0 Å². The van der Waals surface area contributed by atoms with Gasteiger partial charge in [0.2, 0.25) is 0 Å². The van der Waals surface area contributed by atoms with Gasteiger partial charge in [-0.2, -0.15) is 0 Å². The smallest absolute Gasteiger partial charge is 0.126 e. The Morgan fingerprint density at radius 3 is 3.00 bits per heavy atom. The van der Waals surface area contributed by atoms with E-state index < -0.39 is 0 Å². The minimum Gasteiger partial charge on any atom is -0.368 e. The predicted octanol–water partition coefficient (Wildman–Crippen LogP) is 3.58. The Hall–Kier alpha value is -1.68. The van der Waals surface area contributed by atoms with E-state index in [1.54, 1.807) is 6.07 Å². The van der Waals surface area contributed by atoms with E-state index in [2.05, 4.69) is 22.2 Å². The van der Waals surface area contributed by atoms with Crippen LogP contribution in [0.2, 0.25) is 0 Å². The first-order chi connectivity index (χ1) is 10.1. The van der Waals surface area contributed by atoms with Crippen LogP contribution in [0.5, 0.6) is 0 Å². The molecule has 1 aromatic heterocycles. The van der Waals surface area contributed by atoms with Gasteiger partial charge in [0.1, 0.15) is 11.6 Å². The van der Waals surface area contributed by atoms with Gasteiger partial charge in [0.15, 0.2) is 0 Å². The minimum atomic E-state index is -0.237. The third-order valence-electron chi connectivity index (χ3n) is 4.42. The zero-order valence-electron chi connectivity index (χ0n) is 12.7. The van der Waals surface area contributed by atoms with E-state index in [0.29, 0.717) is 6.04 Å². The molecule has 2 aromatic rings. The van der Waals surface area contributed by atoms with E-state index in [9.17, 15) is 4.39 Å². The molecule has 1 aliphatic rings. The Balaban J connectivity index is 1.77. The molecule has 0 amide bonds. The molecule has 4 heteroatoms. The summed E-state index contributed by atoms with van der Waals surface area (Å²) >= 11 is 0. The summed E-state index contributed by atoms with van der Waals surface area (Å²) in [6.45, 7) is 4.10. The lowest BCUT2D eigenvalue weighted by Gasteiger charge is -2.32. The maximum atomic E-state index is 13.4. The number of rotatable bonds is 3. The van der Waals surface area contributed by atoms with Gasteiger partial charge >= 0.3 is 0 Å². The molecule has 0 radical (unpaired) electrons. The molecule has 1 N–H and O–H groups in total. The SMILES string of the molecule is Cc1cc(NC[C@H]2CCCCN2C)nc2cc(F)ccc12. The van der Waals surface area contributed by atoms with Crippen molar-refractivity contribution in [3.8, 4) is 0 Å². The van der Waals surface area contributed by atoms with Gasteiger partial charge in [-0.05, 0) is 57.1 Å². The average Bonchev–Trinajstić information content (AvgIpc) is 2.46. The van der Waals surface area contributed by atoms with Crippen LogP contribution in [0.25, 0.3) is 10.9 Å². The van der Waals surface area contributed by atoms with Crippen LogP contribution in [0, 0.1) is 12.7 Å². The van der Waals surface area contributed by atoms with Gasteiger partial charge in [-0.1, -0.05) is 6.42 Å². The Kier molecular flexibility index (Phi) is 4.06. The van der Waals surface area contributed by atoms with Gasteiger partial charge in [0.25, 0.3) is 0 Å². The molecule has 3 nitrogen and oxygen atoms in total. The Morgan fingerprint density at radius 1 is 1.33 bits per heavy atom. The third-order valence-corrected chi connectivity index (χ3v) is 4.42. The Labute approximate surface area is 125 Å². The summed E-state index contributed by atoms with van der Waals surface area (Å²) in [5.74, 6) is 0.600. The average molecular weight is 287 g/mol. The second-order valence-corrected chi connectivity index (χ2v) is 6.00. The lowest BCUT2D eigenvalue weighted by molar-refractivity contribution is 0.194. The molecule has 0 spiro atoms. The van der Waals surface area contributed by atoms with E-state index in [1.807, 2.05) is 13.0 Å². The summed E-state index contributed by atoms with van der Waals surface area (Å²) < 4.78 is 13.4. The van der Waals surface area contributed by atoms with Gasteiger partial charge in [-0.3, -0.25) is 0 Å². The van der Waals surface area contributed by atoms with Crippen molar-refractivity contribution in [3.05, 3.63) is 35.6 Å². The first-order valence-electron chi connectivity index (χ1n) is 7.64. The molecule has 0 saturated carbocycles. The van der Waals surface area contributed by atoms with Crippen molar-refractivity contribution in [2.24, 2.45) is 0 Å². The monoisotopic (exact) mass is 287 g/mol. The number of likely N-dealkylation sites (tertiary alicyclic amines) is 1. The standard InChI is InChI=1S/C17H22FN3/c1-12-9-17(19-11-14-5-3-4-8-21(14)2)20-16-10-13(18)6-7-15(12)16/h6-7,9-10,14H,3-5,8,11H2,1-2H3,(H,19,20)/t14-/m1/s1. The minimum absolute atomic E-state index is 0.237. The number of aromatic nitrogens is 1. The van der Waals surface area contributed by atoms with Crippen molar-refractivity contribution in [2.75, 3.05) is 25.5 Å². The van der Waals surface area contributed by atoms with Crippen molar-refractivity contribution in [1.29, 1.82) is 0 Å². The van der Waals surface area contributed by atoms with E-state index >= 15 is 0 Å². The molecule has 112 valence electrons. The second-order valence-electron chi connectivity index (χ2n) is 6.00. The molecule has 1 saturated heterocycles. The number of hydrogen-bond acceptors (Lipinski definition) is 3. The zero-order chi connectivity index (χ0) is 14.8. The van der Waals surface area contributed by atoms with Gasteiger partial charge in [0, 0.05) is 24.0 Å². The number of likely N-dealkylation sites (N-methyl/N-ethyl adjacent to an activating group) is 1. The first-order valence-corrected chi connectivity index (χ1v) is 7.64. The normalized spacial score (nSPS) is 19.9. The second kappa shape index (κ2) is 5.98. The molecule has 0 aliphatic carbocycles. The Bertz CT molecular complexity index is 641. The summed E-state index contributed by atoms with van der Waals surface area (Å²) in [7, 11) is 2.18. The van der Waals surface area contributed by atoms with Gasteiger partial charge in [0.05, 0.1) is 5.52 Å². The number of hydrogen-bond donors (Lipinski definition) is 1. The molecule has 1 fully saturated rings. The number of fused-ring (bicyclic) bond motifs is 1. The quantitative estimate of drug-likeness (QED) is 0.935. The van der Waals surface area contributed by atoms with Crippen LogP contribution >= 0.6 is 0 Å². The summed E-state index contributed by atoms with van der Waals surface area (Å²) in [5, 5.41) is 4.43. The highest BCUT2D eigenvalue weighted by atomic mass is 19.1. The van der Waals surface area contributed by atoms with Crippen LogP contribution in [0.1, 0.15) is 24.8 Å². The lowest BCUT2D eigenvalue weighted by atomic mass is 10.0. The molecule has 3 rings (SSSR count). The highest BCUT2D eigenvalue weighted by molar-refractivity contribution is 5.83. The molecular weight excluding hydrogens is 265 g/mol. The largest absolute Gasteiger partial charge is 0.368 e. The number of nitrogens with zero attached hydrogens (tertiary/aromatic N) is 2. The highest BCUT2D eigenvalue weighted by Crippen LogP contribution is 2.22. The fourth-order valence-electron chi connectivity index (χ4n) is 3.09.